The minimum Gasteiger partial charge on any atom is -0.493 e. The van der Waals surface area contributed by atoms with Gasteiger partial charge in [0.15, 0.2) is 23.1 Å². The molecule has 0 aromatic heterocycles. The van der Waals surface area contributed by atoms with Gasteiger partial charge in [0.1, 0.15) is 0 Å². The fourth-order valence-corrected chi connectivity index (χ4v) is 6.04. The van der Waals surface area contributed by atoms with Crippen LogP contribution in [0.5, 0.6) is 11.5 Å². The molecule has 3 fully saturated rings. The average Bonchev–Trinajstić information content (AvgIpc) is 3.61. The fraction of sp³-hybridized carbons (Fsp3) is 0.519. The summed E-state index contributed by atoms with van der Waals surface area (Å²) >= 11 is 0. The number of anilines is 1. The highest BCUT2D eigenvalue weighted by molar-refractivity contribution is 5.89. The largest absolute Gasteiger partial charge is 0.493 e. The van der Waals surface area contributed by atoms with Crippen LogP contribution >= 0.6 is 0 Å². The van der Waals surface area contributed by atoms with E-state index in [2.05, 4.69) is 27.7 Å². The molecule has 2 aromatic carbocycles. The van der Waals surface area contributed by atoms with E-state index in [0.29, 0.717) is 6.04 Å². The number of rotatable bonds is 7. The molecule has 3 aliphatic rings. The predicted octanol–water partition coefficient (Wildman–Crippen LogP) is 5.08. The van der Waals surface area contributed by atoms with Crippen LogP contribution in [-0.2, 0) is 5.41 Å². The number of urea groups is 1. The van der Waals surface area contributed by atoms with Gasteiger partial charge in [-0.2, -0.15) is 0 Å². The van der Waals surface area contributed by atoms with Crippen molar-refractivity contribution in [3.05, 3.63) is 53.6 Å². The highest BCUT2D eigenvalue weighted by Crippen LogP contribution is 2.51. The first kappa shape index (κ1) is 23.9. The summed E-state index contributed by atoms with van der Waals surface area (Å²) in [5.74, 6) is 0.320. The summed E-state index contributed by atoms with van der Waals surface area (Å²) in [5.41, 5.74) is 1.50. The van der Waals surface area contributed by atoms with Crippen molar-refractivity contribution in [3.8, 4) is 11.5 Å². The second-order valence-corrected chi connectivity index (χ2v) is 10.1. The number of carbonyl (C=O) groups is 1. The molecular formula is C27H33F2N3O3. The van der Waals surface area contributed by atoms with Crippen molar-refractivity contribution in [3.63, 3.8) is 0 Å². The summed E-state index contributed by atoms with van der Waals surface area (Å²) in [6.45, 7) is 2.15. The Kier molecular flexibility index (Phi) is 6.57. The summed E-state index contributed by atoms with van der Waals surface area (Å²) in [6.07, 6.45) is 6.30. The summed E-state index contributed by atoms with van der Waals surface area (Å²) in [6, 6.07) is 9.55. The van der Waals surface area contributed by atoms with Crippen molar-refractivity contribution in [2.45, 2.75) is 56.0 Å². The van der Waals surface area contributed by atoms with Gasteiger partial charge >= 0.3 is 6.03 Å². The van der Waals surface area contributed by atoms with Gasteiger partial charge in [0.25, 0.3) is 0 Å². The second-order valence-electron chi connectivity index (χ2n) is 10.1. The first-order valence-corrected chi connectivity index (χ1v) is 12.4. The third-order valence-corrected chi connectivity index (χ3v) is 8.03. The van der Waals surface area contributed by atoms with Crippen LogP contribution in [0.3, 0.4) is 0 Å². The quantitative estimate of drug-likeness (QED) is 0.574. The van der Waals surface area contributed by atoms with Crippen LogP contribution in [0, 0.1) is 17.6 Å². The van der Waals surface area contributed by atoms with Crippen molar-refractivity contribution in [2.75, 3.05) is 32.6 Å². The number of methoxy groups -OCH3 is 2. The van der Waals surface area contributed by atoms with Crippen LogP contribution in [0.15, 0.2) is 36.4 Å². The number of carbonyl (C=O) groups excluding carboxylic acids is 1. The smallest absolute Gasteiger partial charge is 0.319 e. The Balaban J connectivity index is 1.33. The highest BCUT2D eigenvalue weighted by Gasteiger charge is 2.52. The van der Waals surface area contributed by atoms with Gasteiger partial charge in [0, 0.05) is 35.8 Å². The zero-order valence-electron chi connectivity index (χ0n) is 20.3. The first-order valence-electron chi connectivity index (χ1n) is 12.4. The number of likely N-dealkylation sites (tertiary alicyclic amines) is 1. The second kappa shape index (κ2) is 9.64. The van der Waals surface area contributed by atoms with Crippen LogP contribution in [0.4, 0.5) is 19.3 Å². The Hall–Kier alpha value is -2.87. The van der Waals surface area contributed by atoms with Gasteiger partial charge < -0.3 is 20.1 Å². The van der Waals surface area contributed by atoms with Crippen LogP contribution in [0.2, 0.25) is 0 Å². The zero-order valence-corrected chi connectivity index (χ0v) is 20.3. The SMILES string of the molecule is COc1ccc([C@@]23CC[C@H](NC(=O)Nc4ccc(F)c(F)c4)C[C@H]2N(CC2CC2)CC3)cc1OC. The van der Waals surface area contributed by atoms with Gasteiger partial charge in [-0.15, -0.1) is 0 Å². The lowest BCUT2D eigenvalue weighted by molar-refractivity contribution is 0.132. The Bertz CT molecular complexity index is 1090. The molecule has 0 spiro atoms. The Morgan fingerprint density at radius 1 is 1.03 bits per heavy atom. The molecule has 6 nitrogen and oxygen atoms in total. The number of nitrogens with zero attached hydrogens (tertiary/aromatic N) is 1. The van der Waals surface area contributed by atoms with Crippen LogP contribution < -0.4 is 20.1 Å². The van der Waals surface area contributed by atoms with Crippen molar-refractivity contribution < 1.29 is 23.0 Å². The van der Waals surface area contributed by atoms with Gasteiger partial charge in [-0.3, -0.25) is 4.90 Å². The van der Waals surface area contributed by atoms with E-state index in [1.54, 1.807) is 14.2 Å². The minimum absolute atomic E-state index is 0.00151. The molecule has 0 unspecified atom stereocenters. The van der Waals surface area contributed by atoms with Crippen molar-refractivity contribution in [1.29, 1.82) is 0 Å². The molecule has 2 aromatic rings. The summed E-state index contributed by atoms with van der Waals surface area (Å²) in [5, 5.41) is 5.71. The fourth-order valence-electron chi connectivity index (χ4n) is 6.04. The van der Waals surface area contributed by atoms with E-state index >= 15 is 0 Å². The van der Waals surface area contributed by atoms with E-state index in [0.717, 1.165) is 68.3 Å². The molecule has 1 aliphatic heterocycles. The predicted molar refractivity (Wildman–Crippen MR) is 130 cm³/mol. The molecule has 5 rings (SSSR count). The van der Waals surface area contributed by atoms with Crippen molar-refractivity contribution in [1.82, 2.24) is 10.2 Å². The van der Waals surface area contributed by atoms with E-state index in [-0.39, 0.29) is 17.1 Å². The number of nitrogens with one attached hydrogen (secondary N) is 2. The van der Waals surface area contributed by atoms with Crippen LogP contribution in [0.1, 0.15) is 44.1 Å². The monoisotopic (exact) mass is 485 g/mol. The number of ether oxygens (including phenoxy) is 2. The average molecular weight is 486 g/mol. The Morgan fingerprint density at radius 3 is 2.54 bits per heavy atom. The maximum Gasteiger partial charge on any atom is 0.319 e. The van der Waals surface area contributed by atoms with E-state index in [4.69, 9.17) is 9.47 Å². The van der Waals surface area contributed by atoms with Gasteiger partial charge in [0.05, 0.1) is 14.2 Å². The molecule has 8 heteroatoms. The molecule has 188 valence electrons. The van der Waals surface area contributed by atoms with Crippen LogP contribution in [0.25, 0.3) is 0 Å². The molecule has 2 saturated carbocycles. The van der Waals surface area contributed by atoms with Gasteiger partial charge in [-0.1, -0.05) is 6.07 Å². The molecule has 1 saturated heterocycles. The highest BCUT2D eigenvalue weighted by atomic mass is 19.2. The number of hydrogen-bond donors (Lipinski definition) is 2. The molecule has 2 aliphatic carbocycles. The van der Waals surface area contributed by atoms with Gasteiger partial charge in [-0.25, -0.2) is 13.6 Å². The summed E-state index contributed by atoms with van der Waals surface area (Å²) < 4.78 is 37.8. The normalized spacial score (nSPS) is 26.2. The molecule has 2 amide bonds. The lowest BCUT2D eigenvalue weighted by Gasteiger charge is -2.45. The molecule has 0 radical (unpaired) electrons. The number of halogens is 2. The molecule has 3 atom stereocenters. The zero-order chi connectivity index (χ0) is 24.6. The lowest BCUT2D eigenvalue weighted by Crippen LogP contribution is -2.53. The summed E-state index contributed by atoms with van der Waals surface area (Å²) in [4.78, 5) is 15.3. The Labute approximate surface area is 205 Å². The van der Waals surface area contributed by atoms with Gasteiger partial charge in [0.2, 0.25) is 0 Å². The topological polar surface area (TPSA) is 62.8 Å². The molecular weight excluding hydrogens is 452 g/mol. The summed E-state index contributed by atoms with van der Waals surface area (Å²) in [7, 11) is 3.31. The van der Waals surface area contributed by atoms with E-state index in [9.17, 15) is 13.6 Å². The standard InChI is InChI=1S/C27H33F2N3O3/c1-34-23-8-5-18(13-24(23)35-2)27-10-9-20(15-25(27)32(12-11-27)16-17-3-4-17)31-26(33)30-19-6-7-21(28)22(29)14-19/h5-8,13-14,17,20,25H,3-4,9-12,15-16H2,1-2H3,(H2,30,31,33)/t20-,25+,27-/m0/s1. The number of amides is 2. The van der Waals surface area contributed by atoms with E-state index in [1.165, 1.54) is 24.5 Å². The van der Waals surface area contributed by atoms with E-state index < -0.39 is 17.7 Å². The lowest BCUT2D eigenvalue weighted by atomic mass is 9.65. The minimum atomic E-state index is -0.984. The number of hydrogen-bond acceptors (Lipinski definition) is 4. The third-order valence-electron chi connectivity index (χ3n) is 8.03. The molecule has 1 heterocycles. The van der Waals surface area contributed by atoms with E-state index in [1.807, 2.05) is 6.07 Å². The molecule has 35 heavy (non-hydrogen) atoms. The molecule has 2 N–H and O–H groups in total. The Morgan fingerprint density at radius 2 is 1.83 bits per heavy atom. The van der Waals surface area contributed by atoms with Gasteiger partial charge in [-0.05, 0) is 80.8 Å². The first-order chi connectivity index (χ1) is 16.9. The third kappa shape index (κ3) is 4.81. The maximum absolute atomic E-state index is 13.5. The molecule has 0 bridgehead atoms. The van der Waals surface area contributed by atoms with Crippen molar-refractivity contribution in [2.24, 2.45) is 5.92 Å². The number of benzene rings is 2. The van der Waals surface area contributed by atoms with Crippen molar-refractivity contribution >= 4 is 11.7 Å². The maximum atomic E-state index is 13.5. The van der Waals surface area contributed by atoms with Crippen LogP contribution in [-0.4, -0.2) is 50.3 Å². The number of fused-ring (bicyclic) bond motifs is 1.